The number of piperidine rings is 1. The number of likely N-dealkylation sites (tertiary alicyclic amines) is 1. The number of imidazole rings is 1. The molecule has 1 aliphatic rings. The molecule has 1 atom stereocenters. The normalized spacial score (nSPS) is 16.3. The zero-order valence-electron chi connectivity index (χ0n) is 20.9. The highest BCUT2D eigenvalue weighted by molar-refractivity contribution is 7.11. The Labute approximate surface area is 214 Å². The van der Waals surface area contributed by atoms with Gasteiger partial charge in [-0.05, 0) is 57.9 Å². The van der Waals surface area contributed by atoms with Crippen molar-refractivity contribution in [2.75, 3.05) is 13.1 Å². The number of fused-ring (bicyclic) bond motifs is 2. The standard InChI is InChI=1S/C28H30N6OS/c1-17-25(36-19(3)30-17)16-34-23-9-5-4-7-20(23)13-24(34)27-18(2)33-12-10-21(14-26(33)31-27)28(35)32-11-6-8-22(29)15-32/h4-5,7,9-10,12-14,22H,6,8,11,15-16,29H2,1-3H3. The average Bonchev–Trinajstić information content (AvgIpc) is 3.51. The smallest absolute Gasteiger partial charge is 0.254 e. The number of aryl methyl sites for hydroxylation is 3. The maximum absolute atomic E-state index is 13.2. The Balaban J connectivity index is 1.44. The van der Waals surface area contributed by atoms with Crippen molar-refractivity contribution in [1.29, 1.82) is 0 Å². The maximum Gasteiger partial charge on any atom is 0.254 e. The summed E-state index contributed by atoms with van der Waals surface area (Å²) in [6.45, 7) is 8.33. The summed E-state index contributed by atoms with van der Waals surface area (Å²) in [5, 5.41) is 2.26. The highest BCUT2D eigenvalue weighted by Gasteiger charge is 2.24. The molecule has 7 nitrogen and oxygen atoms in total. The van der Waals surface area contributed by atoms with Gasteiger partial charge in [0.05, 0.1) is 22.9 Å². The molecule has 1 aromatic carbocycles. The fourth-order valence-corrected chi connectivity index (χ4v) is 6.29. The van der Waals surface area contributed by atoms with E-state index in [9.17, 15) is 4.79 Å². The molecule has 1 amide bonds. The number of aromatic nitrogens is 4. The van der Waals surface area contributed by atoms with Crippen LogP contribution in [0.5, 0.6) is 0 Å². The molecular formula is C28H30N6OS. The Hall–Kier alpha value is -3.49. The SMILES string of the molecule is Cc1nc(C)c(Cn2c(-c3nc4cc(C(=O)N5CCCC(N)C5)ccn4c3C)cc3ccccc32)s1. The third-order valence-corrected chi connectivity index (χ3v) is 8.27. The Morgan fingerprint density at radius 1 is 1.14 bits per heavy atom. The number of para-hydroxylation sites is 1. The van der Waals surface area contributed by atoms with E-state index in [0.717, 1.165) is 59.4 Å². The first-order chi connectivity index (χ1) is 17.4. The Morgan fingerprint density at radius 2 is 1.97 bits per heavy atom. The zero-order chi connectivity index (χ0) is 25.0. The zero-order valence-corrected chi connectivity index (χ0v) is 21.7. The second kappa shape index (κ2) is 8.87. The van der Waals surface area contributed by atoms with Gasteiger partial charge in [-0.2, -0.15) is 0 Å². The van der Waals surface area contributed by atoms with Crippen LogP contribution < -0.4 is 5.73 Å². The van der Waals surface area contributed by atoms with Gasteiger partial charge in [0.1, 0.15) is 11.3 Å². The Bertz CT molecular complexity index is 1610. The van der Waals surface area contributed by atoms with Crippen LogP contribution in [-0.2, 0) is 6.54 Å². The number of benzene rings is 1. The first-order valence-electron chi connectivity index (χ1n) is 12.4. The Morgan fingerprint density at radius 3 is 2.75 bits per heavy atom. The molecule has 5 heterocycles. The molecule has 0 saturated carbocycles. The lowest BCUT2D eigenvalue weighted by Crippen LogP contribution is -2.45. The molecule has 0 bridgehead atoms. The summed E-state index contributed by atoms with van der Waals surface area (Å²) in [7, 11) is 0. The van der Waals surface area contributed by atoms with Crippen LogP contribution in [-0.4, -0.2) is 48.9 Å². The molecule has 1 aliphatic heterocycles. The van der Waals surface area contributed by atoms with E-state index in [0.29, 0.717) is 12.1 Å². The lowest BCUT2D eigenvalue weighted by molar-refractivity contribution is 0.0709. The van der Waals surface area contributed by atoms with Crippen molar-refractivity contribution >= 4 is 33.8 Å². The minimum atomic E-state index is 0.0278. The van der Waals surface area contributed by atoms with Gasteiger partial charge in [-0.1, -0.05) is 18.2 Å². The molecular weight excluding hydrogens is 468 g/mol. The van der Waals surface area contributed by atoms with Crippen LogP contribution in [0.1, 0.15) is 44.5 Å². The lowest BCUT2D eigenvalue weighted by atomic mass is 10.1. The predicted molar refractivity (Wildman–Crippen MR) is 145 cm³/mol. The summed E-state index contributed by atoms with van der Waals surface area (Å²) >= 11 is 1.74. The van der Waals surface area contributed by atoms with E-state index in [1.807, 2.05) is 23.2 Å². The van der Waals surface area contributed by atoms with Crippen molar-refractivity contribution in [2.45, 2.75) is 46.2 Å². The van der Waals surface area contributed by atoms with E-state index in [1.165, 1.54) is 15.8 Å². The van der Waals surface area contributed by atoms with E-state index >= 15 is 0 Å². The summed E-state index contributed by atoms with van der Waals surface area (Å²) in [5.74, 6) is 0.0278. The van der Waals surface area contributed by atoms with E-state index in [1.54, 1.807) is 11.3 Å². The Kier molecular flexibility index (Phi) is 5.65. The largest absolute Gasteiger partial charge is 0.337 e. The lowest BCUT2D eigenvalue weighted by Gasteiger charge is -2.30. The second-order valence-corrected chi connectivity index (χ2v) is 11.0. The number of hydrogen-bond donors (Lipinski definition) is 1. The van der Waals surface area contributed by atoms with Crippen LogP contribution in [0.3, 0.4) is 0 Å². The van der Waals surface area contributed by atoms with E-state index in [2.05, 4.69) is 65.1 Å². The molecule has 0 radical (unpaired) electrons. The van der Waals surface area contributed by atoms with Gasteiger partial charge in [-0.15, -0.1) is 11.3 Å². The third-order valence-electron chi connectivity index (χ3n) is 7.21. The van der Waals surface area contributed by atoms with Gasteiger partial charge < -0.3 is 19.6 Å². The van der Waals surface area contributed by atoms with E-state index in [-0.39, 0.29) is 11.9 Å². The second-order valence-electron chi connectivity index (χ2n) is 9.76. The molecule has 1 fully saturated rings. The van der Waals surface area contributed by atoms with E-state index in [4.69, 9.17) is 10.7 Å². The van der Waals surface area contributed by atoms with Gasteiger partial charge in [0, 0.05) is 52.4 Å². The van der Waals surface area contributed by atoms with Crippen molar-refractivity contribution in [2.24, 2.45) is 5.73 Å². The number of carbonyl (C=O) groups is 1. The molecule has 0 aliphatic carbocycles. The maximum atomic E-state index is 13.2. The molecule has 5 aromatic rings. The molecule has 1 saturated heterocycles. The van der Waals surface area contributed by atoms with Gasteiger partial charge in [0.2, 0.25) is 0 Å². The molecule has 6 rings (SSSR count). The summed E-state index contributed by atoms with van der Waals surface area (Å²) in [6, 6.07) is 14.5. The summed E-state index contributed by atoms with van der Waals surface area (Å²) < 4.78 is 4.41. The van der Waals surface area contributed by atoms with Crippen molar-refractivity contribution in [3.63, 3.8) is 0 Å². The summed E-state index contributed by atoms with van der Waals surface area (Å²) in [5.41, 5.74) is 12.8. The highest BCUT2D eigenvalue weighted by Crippen LogP contribution is 2.33. The number of amides is 1. The number of hydrogen-bond acceptors (Lipinski definition) is 5. The molecule has 4 aromatic heterocycles. The first-order valence-corrected chi connectivity index (χ1v) is 13.3. The van der Waals surface area contributed by atoms with Gasteiger partial charge in [-0.25, -0.2) is 9.97 Å². The van der Waals surface area contributed by atoms with E-state index < -0.39 is 0 Å². The van der Waals surface area contributed by atoms with Crippen LogP contribution in [0, 0.1) is 20.8 Å². The molecule has 0 spiro atoms. The monoisotopic (exact) mass is 498 g/mol. The summed E-state index contributed by atoms with van der Waals surface area (Å²) in [4.78, 5) is 26.0. The third kappa shape index (κ3) is 3.90. The van der Waals surface area contributed by atoms with Crippen molar-refractivity contribution in [1.82, 2.24) is 23.8 Å². The first kappa shape index (κ1) is 22.9. The molecule has 36 heavy (non-hydrogen) atoms. The number of rotatable bonds is 4. The fourth-order valence-electron chi connectivity index (χ4n) is 5.36. The number of thiazole rings is 1. The predicted octanol–water partition coefficient (Wildman–Crippen LogP) is 4.95. The number of nitrogens with two attached hydrogens (primary N) is 1. The molecule has 184 valence electrons. The minimum absolute atomic E-state index is 0.0278. The fraction of sp³-hybridized carbons (Fsp3) is 0.321. The molecule has 2 N–H and O–H groups in total. The molecule has 8 heteroatoms. The van der Waals surface area contributed by atoms with Crippen LogP contribution in [0.15, 0.2) is 48.7 Å². The number of pyridine rings is 1. The van der Waals surface area contributed by atoms with Gasteiger partial charge in [0.25, 0.3) is 5.91 Å². The highest BCUT2D eigenvalue weighted by atomic mass is 32.1. The van der Waals surface area contributed by atoms with Gasteiger partial charge in [0.15, 0.2) is 0 Å². The molecule has 1 unspecified atom stereocenters. The van der Waals surface area contributed by atoms with Gasteiger partial charge >= 0.3 is 0 Å². The summed E-state index contributed by atoms with van der Waals surface area (Å²) in [6.07, 6.45) is 3.88. The van der Waals surface area contributed by atoms with Crippen LogP contribution in [0.4, 0.5) is 0 Å². The minimum Gasteiger partial charge on any atom is -0.337 e. The average molecular weight is 499 g/mol. The number of nitrogens with zero attached hydrogens (tertiary/aromatic N) is 5. The van der Waals surface area contributed by atoms with Gasteiger partial charge in [-0.3, -0.25) is 4.79 Å². The van der Waals surface area contributed by atoms with Crippen molar-refractivity contribution in [3.8, 4) is 11.4 Å². The number of carbonyl (C=O) groups excluding carboxylic acids is 1. The van der Waals surface area contributed by atoms with Crippen LogP contribution >= 0.6 is 11.3 Å². The quantitative estimate of drug-likeness (QED) is 0.380. The van der Waals surface area contributed by atoms with Crippen LogP contribution in [0.2, 0.25) is 0 Å². The van der Waals surface area contributed by atoms with Crippen LogP contribution in [0.25, 0.3) is 27.9 Å². The topological polar surface area (TPSA) is 81.5 Å². The van der Waals surface area contributed by atoms with Crippen molar-refractivity contribution < 1.29 is 4.79 Å². The van der Waals surface area contributed by atoms with Crippen molar-refractivity contribution in [3.05, 3.63) is 75.5 Å².